The average molecular weight is 324 g/mol. The van der Waals surface area contributed by atoms with E-state index in [1.807, 2.05) is 6.07 Å². The van der Waals surface area contributed by atoms with Gasteiger partial charge in [0, 0.05) is 10.6 Å². The van der Waals surface area contributed by atoms with Crippen LogP contribution in [0.25, 0.3) is 11.4 Å². The molecule has 0 saturated carbocycles. The Morgan fingerprint density at radius 1 is 1.41 bits per heavy atom. The minimum Gasteiger partial charge on any atom is -0.444 e. The molecule has 2 rings (SSSR count). The molecule has 0 aliphatic heterocycles. The van der Waals surface area contributed by atoms with Gasteiger partial charge < -0.3 is 14.6 Å². The lowest BCUT2D eigenvalue weighted by molar-refractivity contribution is 0.0499. The lowest BCUT2D eigenvalue weighted by Crippen LogP contribution is -2.34. The van der Waals surface area contributed by atoms with Crippen molar-refractivity contribution >= 4 is 17.7 Å². The topological polar surface area (TPSA) is 77.2 Å². The largest absolute Gasteiger partial charge is 0.444 e. The van der Waals surface area contributed by atoms with Crippen LogP contribution in [0.2, 0.25) is 5.02 Å². The first-order valence-electron chi connectivity index (χ1n) is 6.83. The highest BCUT2D eigenvalue weighted by Crippen LogP contribution is 2.21. The summed E-state index contributed by atoms with van der Waals surface area (Å²) in [5, 5.41) is 7.13. The molecule has 0 saturated heterocycles. The molecule has 0 bridgehead atoms. The molecule has 0 radical (unpaired) electrons. The molecule has 1 aromatic heterocycles. The van der Waals surface area contributed by atoms with Crippen molar-refractivity contribution in [2.75, 3.05) is 0 Å². The molecule has 1 N–H and O–H groups in total. The van der Waals surface area contributed by atoms with Crippen molar-refractivity contribution in [3.63, 3.8) is 0 Å². The maximum Gasteiger partial charge on any atom is 0.408 e. The second kappa shape index (κ2) is 6.36. The van der Waals surface area contributed by atoms with Crippen molar-refractivity contribution in [3.8, 4) is 11.4 Å². The van der Waals surface area contributed by atoms with Crippen LogP contribution in [0.3, 0.4) is 0 Å². The van der Waals surface area contributed by atoms with E-state index in [1.165, 1.54) is 0 Å². The minimum atomic E-state index is -0.565. The van der Waals surface area contributed by atoms with Crippen LogP contribution in [0.5, 0.6) is 0 Å². The zero-order valence-electron chi connectivity index (χ0n) is 12.9. The third-order valence-corrected chi connectivity index (χ3v) is 2.86. The summed E-state index contributed by atoms with van der Waals surface area (Å²) in [7, 11) is 0. The van der Waals surface area contributed by atoms with Crippen LogP contribution in [0, 0.1) is 0 Å². The molecule has 6 nitrogen and oxygen atoms in total. The summed E-state index contributed by atoms with van der Waals surface area (Å²) in [6, 6.07) is 6.67. The van der Waals surface area contributed by atoms with Gasteiger partial charge in [-0.3, -0.25) is 0 Å². The number of halogens is 1. The summed E-state index contributed by atoms with van der Waals surface area (Å²) in [4.78, 5) is 16.0. The molecule has 7 heteroatoms. The summed E-state index contributed by atoms with van der Waals surface area (Å²) in [5.41, 5.74) is 0.178. The number of hydrogen-bond acceptors (Lipinski definition) is 5. The van der Waals surface area contributed by atoms with E-state index in [2.05, 4.69) is 15.5 Å². The lowest BCUT2D eigenvalue weighted by atomic mass is 10.2. The van der Waals surface area contributed by atoms with Crippen molar-refractivity contribution in [3.05, 3.63) is 35.2 Å². The van der Waals surface area contributed by atoms with Crippen LogP contribution < -0.4 is 5.32 Å². The number of carbonyl (C=O) groups is 1. The second-order valence-corrected chi connectivity index (χ2v) is 6.27. The Labute approximate surface area is 133 Å². The van der Waals surface area contributed by atoms with Gasteiger partial charge in [-0.2, -0.15) is 4.98 Å². The maximum atomic E-state index is 11.7. The van der Waals surface area contributed by atoms with Crippen molar-refractivity contribution in [2.24, 2.45) is 0 Å². The van der Waals surface area contributed by atoms with E-state index >= 15 is 0 Å². The Morgan fingerprint density at radius 3 is 2.77 bits per heavy atom. The van der Waals surface area contributed by atoms with E-state index in [-0.39, 0.29) is 0 Å². The number of amides is 1. The molecule has 2 aromatic rings. The van der Waals surface area contributed by atoms with Gasteiger partial charge >= 0.3 is 6.09 Å². The summed E-state index contributed by atoms with van der Waals surface area (Å²) in [5.74, 6) is 0.705. The normalized spacial score (nSPS) is 12.8. The second-order valence-electron chi connectivity index (χ2n) is 5.83. The van der Waals surface area contributed by atoms with Crippen LogP contribution in [0.1, 0.15) is 39.6 Å². The zero-order valence-corrected chi connectivity index (χ0v) is 13.6. The van der Waals surface area contributed by atoms with E-state index in [4.69, 9.17) is 20.9 Å². The molecule has 0 unspecified atom stereocenters. The van der Waals surface area contributed by atoms with Crippen LogP contribution in [0.4, 0.5) is 4.79 Å². The first kappa shape index (κ1) is 16.3. The summed E-state index contributed by atoms with van der Waals surface area (Å²) in [6.07, 6.45) is -0.539. The van der Waals surface area contributed by atoms with Crippen LogP contribution >= 0.6 is 11.6 Å². The Morgan fingerprint density at radius 2 is 2.14 bits per heavy atom. The molecule has 1 aromatic carbocycles. The maximum absolute atomic E-state index is 11.7. The zero-order chi connectivity index (χ0) is 16.3. The Balaban J connectivity index is 2.06. The third kappa shape index (κ3) is 4.46. The molecule has 0 fully saturated rings. The third-order valence-electron chi connectivity index (χ3n) is 2.63. The van der Waals surface area contributed by atoms with Gasteiger partial charge in [0.2, 0.25) is 11.7 Å². The standard InChI is InChI=1S/C15H18ClN3O3/c1-9(17-14(20)21-15(2,3)4)13-18-12(19-22-13)10-6-5-7-11(16)8-10/h5-9H,1-4H3,(H,17,20)/t9-/m0/s1. The van der Waals surface area contributed by atoms with E-state index in [9.17, 15) is 4.79 Å². The molecule has 1 amide bonds. The fraction of sp³-hybridized carbons (Fsp3) is 0.400. The van der Waals surface area contributed by atoms with E-state index in [1.54, 1.807) is 45.9 Å². The number of benzene rings is 1. The van der Waals surface area contributed by atoms with Gasteiger partial charge in [-0.15, -0.1) is 0 Å². The van der Waals surface area contributed by atoms with E-state index in [0.717, 1.165) is 5.56 Å². The van der Waals surface area contributed by atoms with Crippen LogP contribution in [-0.4, -0.2) is 21.8 Å². The monoisotopic (exact) mass is 323 g/mol. The molecule has 118 valence electrons. The number of aromatic nitrogens is 2. The van der Waals surface area contributed by atoms with Gasteiger partial charge in [0.15, 0.2) is 0 Å². The summed E-state index contributed by atoms with van der Waals surface area (Å²) < 4.78 is 10.4. The fourth-order valence-electron chi connectivity index (χ4n) is 1.70. The Kier molecular flexibility index (Phi) is 4.71. The molecule has 22 heavy (non-hydrogen) atoms. The van der Waals surface area contributed by atoms with Crippen molar-refractivity contribution < 1.29 is 14.1 Å². The van der Waals surface area contributed by atoms with Gasteiger partial charge in [0.25, 0.3) is 0 Å². The van der Waals surface area contributed by atoms with Crippen molar-refractivity contribution in [2.45, 2.75) is 39.3 Å². The number of hydrogen-bond donors (Lipinski definition) is 1. The Bertz CT molecular complexity index is 664. The van der Waals surface area contributed by atoms with Gasteiger partial charge in [0.05, 0.1) is 0 Å². The number of ether oxygens (including phenoxy) is 1. The van der Waals surface area contributed by atoms with Crippen LogP contribution in [0.15, 0.2) is 28.8 Å². The van der Waals surface area contributed by atoms with Gasteiger partial charge in [-0.05, 0) is 39.8 Å². The molecular weight excluding hydrogens is 306 g/mol. The van der Waals surface area contributed by atoms with Gasteiger partial charge in [-0.1, -0.05) is 28.9 Å². The van der Waals surface area contributed by atoms with Crippen molar-refractivity contribution in [1.29, 1.82) is 0 Å². The molecule has 0 aliphatic carbocycles. The highest BCUT2D eigenvalue weighted by atomic mass is 35.5. The number of nitrogens with zero attached hydrogens (tertiary/aromatic N) is 2. The van der Waals surface area contributed by atoms with E-state index < -0.39 is 17.7 Å². The first-order valence-corrected chi connectivity index (χ1v) is 7.21. The molecular formula is C15H18ClN3O3. The predicted molar refractivity (Wildman–Crippen MR) is 82.5 cm³/mol. The van der Waals surface area contributed by atoms with Crippen LogP contribution in [-0.2, 0) is 4.74 Å². The number of rotatable bonds is 3. The van der Waals surface area contributed by atoms with E-state index in [0.29, 0.717) is 16.7 Å². The van der Waals surface area contributed by atoms with Crippen molar-refractivity contribution in [1.82, 2.24) is 15.5 Å². The highest BCUT2D eigenvalue weighted by Gasteiger charge is 2.21. The quantitative estimate of drug-likeness (QED) is 0.924. The molecule has 1 heterocycles. The molecule has 1 atom stereocenters. The minimum absolute atomic E-state index is 0.292. The predicted octanol–water partition coefficient (Wildman–Crippen LogP) is 3.98. The number of alkyl carbamates (subject to hydrolysis) is 1. The SMILES string of the molecule is C[C@H](NC(=O)OC(C)(C)C)c1nc(-c2cccc(Cl)c2)no1. The number of nitrogens with one attached hydrogen (secondary N) is 1. The van der Waals surface area contributed by atoms with Gasteiger partial charge in [-0.25, -0.2) is 4.79 Å². The summed E-state index contributed by atoms with van der Waals surface area (Å²) in [6.45, 7) is 7.11. The summed E-state index contributed by atoms with van der Waals surface area (Å²) >= 11 is 5.93. The van der Waals surface area contributed by atoms with Gasteiger partial charge in [0.1, 0.15) is 11.6 Å². The number of carbonyl (C=O) groups excluding carboxylic acids is 1. The smallest absolute Gasteiger partial charge is 0.408 e. The highest BCUT2D eigenvalue weighted by molar-refractivity contribution is 6.30. The molecule has 0 aliphatic rings. The average Bonchev–Trinajstić information content (AvgIpc) is 2.85. The molecule has 0 spiro atoms. The Hall–Kier alpha value is -2.08. The lowest BCUT2D eigenvalue weighted by Gasteiger charge is -2.20. The first-order chi connectivity index (χ1) is 10.2. The fourth-order valence-corrected chi connectivity index (χ4v) is 1.89.